The van der Waals surface area contributed by atoms with Gasteiger partial charge in [-0.25, -0.2) is 22.7 Å². The summed E-state index contributed by atoms with van der Waals surface area (Å²) in [5, 5.41) is 5.04. The second-order valence-corrected chi connectivity index (χ2v) is 6.48. The maximum absolute atomic E-state index is 13.8. The van der Waals surface area contributed by atoms with Crippen LogP contribution in [0, 0.1) is 12.7 Å². The highest BCUT2D eigenvalue weighted by atomic mass is 32.2. The third kappa shape index (κ3) is 3.16. The van der Waals surface area contributed by atoms with E-state index in [-0.39, 0.29) is 16.6 Å². The van der Waals surface area contributed by atoms with Crippen molar-refractivity contribution in [1.82, 2.24) is 0 Å². The van der Waals surface area contributed by atoms with Crippen molar-refractivity contribution in [3.05, 3.63) is 29.1 Å². The van der Waals surface area contributed by atoms with Crippen LogP contribution >= 0.6 is 0 Å². The highest BCUT2D eigenvalue weighted by Gasteiger charge is 2.24. The molecule has 1 saturated carbocycles. The van der Waals surface area contributed by atoms with Crippen LogP contribution in [0.3, 0.4) is 0 Å². The molecule has 110 valence electrons. The van der Waals surface area contributed by atoms with Gasteiger partial charge in [0.05, 0.1) is 10.5 Å². The molecule has 7 heteroatoms. The van der Waals surface area contributed by atoms with Gasteiger partial charge in [-0.1, -0.05) is 0 Å². The maximum Gasteiger partial charge on any atom is 0.341 e. The number of nitrogens with two attached hydrogens (primary N) is 1. The van der Waals surface area contributed by atoms with Crippen molar-refractivity contribution < 1.29 is 22.3 Å². The fourth-order valence-corrected chi connectivity index (χ4v) is 3.13. The van der Waals surface area contributed by atoms with E-state index in [1.165, 1.54) is 6.92 Å². The van der Waals surface area contributed by atoms with E-state index >= 15 is 0 Å². The Morgan fingerprint density at radius 3 is 2.50 bits per heavy atom. The number of aryl methyl sites for hydroxylation is 1. The number of carbonyl (C=O) groups is 1. The Bertz CT molecular complexity index is 636. The minimum atomic E-state index is -4.01. The Balaban J connectivity index is 2.33. The first kappa shape index (κ1) is 14.9. The van der Waals surface area contributed by atoms with Crippen LogP contribution in [-0.4, -0.2) is 20.5 Å². The van der Waals surface area contributed by atoms with E-state index < -0.39 is 27.4 Å². The van der Waals surface area contributed by atoms with Crippen molar-refractivity contribution in [2.24, 2.45) is 5.14 Å². The zero-order valence-electron chi connectivity index (χ0n) is 11.1. The maximum atomic E-state index is 13.8. The summed E-state index contributed by atoms with van der Waals surface area (Å²) in [6, 6.07) is 1.92. The highest BCUT2D eigenvalue weighted by molar-refractivity contribution is 7.89. The third-order valence-corrected chi connectivity index (χ3v) is 4.42. The van der Waals surface area contributed by atoms with E-state index in [9.17, 15) is 17.6 Å². The molecule has 0 unspecified atom stereocenters. The second-order valence-electron chi connectivity index (χ2n) is 4.95. The van der Waals surface area contributed by atoms with Crippen LogP contribution in [0.1, 0.15) is 41.6 Å². The molecular formula is C13H16FNO4S. The zero-order valence-corrected chi connectivity index (χ0v) is 11.9. The number of carbonyl (C=O) groups excluding carboxylic acids is 1. The normalized spacial score (nSPS) is 16.4. The summed E-state index contributed by atoms with van der Waals surface area (Å²) >= 11 is 0. The number of hydrogen-bond acceptors (Lipinski definition) is 4. The van der Waals surface area contributed by atoms with Crippen molar-refractivity contribution in [2.45, 2.75) is 43.6 Å². The van der Waals surface area contributed by atoms with Crippen LogP contribution in [0.25, 0.3) is 0 Å². The van der Waals surface area contributed by atoms with Gasteiger partial charge in [0.15, 0.2) is 0 Å². The summed E-state index contributed by atoms with van der Waals surface area (Å²) < 4.78 is 41.8. The largest absolute Gasteiger partial charge is 0.459 e. The minimum Gasteiger partial charge on any atom is -0.459 e. The number of primary sulfonamides is 1. The fraction of sp³-hybridized carbons (Fsp3) is 0.462. The number of rotatable bonds is 3. The van der Waals surface area contributed by atoms with Crippen molar-refractivity contribution in [1.29, 1.82) is 0 Å². The van der Waals surface area contributed by atoms with Crippen LogP contribution in [0.5, 0.6) is 0 Å². The predicted octanol–water partition coefficient (Wildman–Crippen LogP) is 1.88. The van der Waals surface area contributed by atoms with E-state index in [2.05, 4.69) is 0 Å². The van der Waals surface area contributed by atoms with Crippen LogP contribution < -0.4 is 5.14 Å². The Morgan fingerprint density at radius 1 is 1.35 bits per heavy atom. The topological polar surface area (TPSA) is 86.5 Å². The van der Waals surface area contributed by atoms with Gasteiger partial charge in [-0.3, -0.25) is 0 Å². The molecule has 0 aromatic heterocycles. The first-order valence-corrected chi connectivity index (χ1v) is 7.87. The minimum absolute atomic E-state index is 0.155. The quantitative estimate of drug-likeness (QED) is 0.864. The van der Waals surface area contributed by atoms with Crippen molar-refractivity contribution in [2.75, 3.05) is 0 Å². The molecular weight excluding hydrogens is 285 g/mol. The molecule has 5 nitrogen and oxygen atoms in total. The second kappa shape index (κ2) is 5.49. The van der Waals surface area contributed by atoms with E-state index in [1.54, 1.807) is 0 Å². The average molecular weight is 301 g/mol. The van der Waals surface area contributed by atoms with Gasteiger partial charge in [-0.2, -0.15) is 0 Å². The van der Waals surface area contributed by atoms with Crippen LogP contribution in [-0.2, 0) is 14.8 Å². The Morgan fingerprint density at radius 2 is 1.95 bits per heavy atom. The van der Waals surface area contributed by atoms with E-state index in [0.717, 1.165) is 37.8 Å². The smallest absolute Gasteiger partial charge is 0.341 e. The molecule has 1 aromatic rings. The zero-order chi connectivity index (χ0) is 14.9. The van der Waals surface area contributed by atoms with Crippen molar-refractivity contribution in [3.8, 4) is 0 Å². The molecule has 0 atom stereocenters. The van der Waals surface area contributed by atoms with E-state index in [0.29, 0.717) is 0 Å². The van der Waals surface area contributed by atoms with Gasteiger partial charge in [0.1, 0.15) is 11.9 Å². The molecule has 0 aliphatic heterocycles. The summed E-state index contributed by atoms with van der Waals surface area (Å²) in [7, 11) is -4.01. The molecule has 0 radical (unpaired) electrons. The third-order valence-electron chi connectivity index (χ3n) is 3.37. The molecule has 1 aliphatic rings. The number of halogens is 1. The van der Waals surface area contributed by atoms with Crippen molar-refractivity contribution in [3.63, 3.8) is 0 Å². The van der Waals surface area contributed by atoms with E-state index in [1.807, 2.05) is 0 Å². The first-order valence-electron chi connectivity index (χ1n) is 6.33. The Hall–Kier alpha value is -1.47. The molecule has 1 fully saturated rings. The number of hydrogen-bond donors (Lipinski definition) is 1. The molecule has 2 rings (SSSR count). The molecule has 1 aromatic carbocycles. The number of esters is 1. The molecule has 20 heavy (non-hydrogen) atoms. The summed E-state index contributed by atoms with van der Waals surface area (Å²) in [4.78, 5) is 11.6. The number of sulfonamides is 1. The van der Waals surface area contributed by atoms with Gasteiger partial charge in [-0.05, 0) is 50.3 Å². The van der Waals surface area contributed by atoms with Crippen LogP contribution in [0.2, 0.25) is 0 Å². The van der Waals surface area contributed by atoms with Gasteiger partial charge in [0.25, 0.3) is 0 Å². The standard InChI is InChI=1S/C13H16FNO4S/c1-8-6-11(14)10(7-12(8)20(15,17)18)13(16)19-9-4-2-3-5-9/h6-7,9H,2-5H2,1H3,(H2,15,17,18). The van der Waals surface area contributed by atoms with Crippen LogP contribution in [0.4, 0.5) is 4.39 Å². The molecule has 1 aliphatic carbocycles. The van der Waals surface area contributed by atoms with Crippen LogP contribution in [0.15, 0.2) is 17.0 Å². The van der Waals surface area contributed by atoms with E-state index in [4.69, 9.17) is 9.88 Å². The van der Waals surface area contributed by atoms with Gasteiger partial charge in [-0.15, -0.1) is 0 Å². The lowest BCUT2D eigenvalue weighted by atomic mass is 10.1. The molecule has 2 N–H and O–H groups in total. The van der Waals surface area contributed by atoms with Crippen molar-refractivity contribution >= 4 is 16.0 Å². The lowest BCUT2D eigenvalue weighted by molar-refractivity contribution is 0.0312. The summed E-state index contributed by atoms with van der Waals surface area (Å²) in [6.45, 7) is 1.41. The SMILES string of the molecule is Cc1cc(F)c(C(=O)OC2CCCC2)cc1S(N)(=O)=O. The van der Waals surface area contributed by atoms with Gasteiger partial charge in [0, 0.05) is 0 Å². The molecule has 0 amide bonds. The highest BCUT2D eigenvalue weighted by Crippen LogP contribution is 2.24. The fourth-order valence-electron chi connectivity index (χ4n) is 2.34. The first-order chi connectivity index (χ1) is 9.29. The molecule has 0 saturated heterocycles. The monoisotopic (exact) mass is 301 g/mol. The summed E-state index contributed by atoms with van der Waals surface area (Å²) in [6.07, 6.45) is 3.22. The molecule has 0 bridgehead atoms. The average Bonchev–Trinajstić information content (AvgIpc) is 2.79. The van der Waals surface area contributed by atoms with Gasteiger partial charge in [0.2, 0.25) is 10.0 Å². The van der Waals surface area contributed by atoms with Gasteiger partial charge >= 0.3 is 5.97 Å². The lowest BCUT2D eigenvalue weighted by Gasteiger charge is -2.13. The number of benzene rings is 1. The lowest BCUT2D eigenvalue weighted by Crippen LogP contribution is -2.19. The Kier molecular flexibility index (Phi) is 4.10. The molecule has 0 heterocycles. The molecule has 0 spiro atoms. The van der Waals surface area contributed by atoms with Gasteiger partial charge < -0.3 is 4.74 Å². The summed E-state index contributed by atoms with van der Waals surface area (Å²) in [5.74, 6) is -1.66. The predicted molar refractivity (Wildman–Crippen MR) is 70.2 cm³/mol. The summed E-state index contributed by atoms with van der Waals surface area (Å²) in [5.41, 5.74) is -0.242. The number of ether oxygens (including phenoxy) is 1. The Labute approximate surface area is 117 Å².